The molecule has 1 unspecified atom stereocenters. The van der Waals surface area contributed by atoms with Crippen LogP contribution >= 0.6 is 0 Å². The minimum absolute atomic E-state index is 0.0320. The molecule has 0 saturated carbocycles. The van der Waals surface area contributed by atoms with E-state index in [2.05, 4.69) is 36.6 Å². The Morgan fingerprint density at radius 3 is 2.26 bits per heavy atom. The molecule has 0 aliphatic heterocycles. The van der Waals surface area contributed by atoms with Gasteiger partial charge in [0.2, 0.25) is 5.91 Å². The van der Waals surface area contributed by atoms with E-state index >= 15 is 0 Å². The second kappa shape index (κ2) is 8.58. The van der Waals surface area contributed by atoms with E-state index in [1.165, 1.54) is 36.9 Å². The lowest BCUT2D eigenvalue weighted by molar-refractivity contribution is -0.131. The van der Waals surface area contributed by atoms with Gasteiger partial charge in [-0.3, -0.25) is 9.59 Å². The molecule has 0 aliphatic carbocycles. The van der Waals surface area contributed by atoms with Crippen LogP contribution in [0.4, 0.5) is 10.1 Å². The summed E-state index contributed by atoms with van der Waals surface area (Å²) < 4.78 is 13.6. The van der Waals surface area contributed by atoms with Gasteiger partial charge in [-0.15, -0.1) is 0 Å². The van der Waals surface area contributed by atoms with Crippen LogP contribution in [-0.4, -0.2) is 18.0 Å². The van der Waals surface area contributed by atoms with Crippen molar-refractivity contribution in [1.82, 2.24) is 5.43 Å². The van der Waals surface area contributed by atoms with Crippen molar-refractivity contribution in [2.75, 3.05) is 5.32 Å². The Kier molecular flexibility index (Phi) is 6.45. The Balaban J connectivity index is 1.91. The fourth-order valence-electron chi connectivity index (χ4n) is 2.26. The third kappa shape index (κ3) is 5.74. The quantitative estimate of drug-likeness (QED) is 0.477. The first-order valence-electron chi connectivity index (χ1n) is 8.67. The predicted molar refractivity (Wildman–Crippen MR) is 105 cm³/mol. The largest absolute Gasteiger partial charge is 0.323 e. The van der Waals surface area contributed by atoms with Gasteiger partial charge in [-0.05, 0) is 35.6 Å². The van der Waals surface area contributed by atoms with Gasteiger partial charge in [0.25, 0.3) is 5.91 Å². The van der Waals surface area contributed by atoms with Crippen molar-refractivity contribution in [2.24, 2.45) is 11.0 Å². The molecular formula is C21H24FN3O2. The van der Waals surface area contributed by atoms with Crippen LogP contribution in [0.15, 0.2) is 53.6 Å². The lowest BCUT2D eigenvalue weighted by atomic mass is 9.87. The molecule has 2 aromatic carbocycles. The molecule has 142 valence electrons. The molecule has 6 heteroatoms. The van der Waals surface area contributed by atoms with Gasteiger partial charge in [0.05, 0.1) is 11.9 Å². The lowest BCUT2D eigenvalue weighted by Gasteiger charge is -2.18. The Morgan fingerprint density at radius 1 is 1.04 bits per heavy atom. The van der Waals surface area contributed by atoms with Crippen molar-refractivity contribution in [3.8, 4) is 0 Å². The summed E-state index contributed by atoms with van der Waals surface area (Å²) in [5.41, 5.74) is 4.45. The highest BCUT2D eigenvalue weighted by atomic mass is 19.1. The number of rotatable bonds is 5. The summed E-state index contributed by atoms with van der Waals surface area (Å²) in [7, 11) is 0. The maximum atomic E-state index is 13.6. The van der Waals surface area contributed by atoms with Gasteiger partial charge in [0.15, 0.2) is 0 Å². The summed E-state index contributed by atoms with van der Waals surface area (Å²) >= 11 is 0. The number of hydrazone groups is 1. The highest BCUT2D eigenvalue weighted by Gasteiger charge is 2.22. The predicted octanol–water partition coefficient (Wildman–Crippen LogP) is 3.85. The first-order chi connectivity index (χ1) is 12.7. The molecule has 5 nitrogen and oxygen atoms in total. The molecule has 0 aliphatic rings. The number of hydrogen-bond acceptors (Lipinski definition) is 3. The molecule has 0 spiro atoms. The molecule has 2 aromatic rings. The summed E-state index contributed by atoms with van der Waals surface area (Å²) in [4.78, 5) is 24.1. The summed E-state index contributed by atoms with van der Waals surface area (Å²) in [5.74, 6) is -2.77. The van der Waals surface area contributed by atoms with Crippen LogP contribution in [0.3, 0.4) is 0 Å². The van der Waals surface area contributed by atoms with Crippen LogP contribution in [0.2, 0.25) is 0 Å². The maximum Gasteiger partial charge on any atom is 0.252 e. The van der Waals surface area contributed by atoms with E-state index in [1.54, 1.807) is 6.07 Å². The average molecular weight is 369 g/mol. The summed E-state index contributed by atoms with van der Waals surface area (Å²) in [6.07, 6.45) is 1.51. The van der Waals surface area contributed by atoms with E-state index in [0.29, 0.717) is 0 Å². The summed E-state index contributed by atoms with van der Waals surface area (Å²) in [5, 5.41) is 6.28. The molecule has 0 fully saturated rings. The van der Waals surface area contributed by atoms with Crippen molar-refractivity contribution in [3.05, 3.63) is 65.5 Å². The molecule has 0 radical (unpaired) electrons. The van der Waals surface area contributed by atoms with Crippen LogP contribution in [0.25, 0.3) is 0 Å². The number of amides is 2. The number of benzene rings is 2. The third-order valence-corrected chi connectivity index (χ3v) is 4.08. The Hall–Kier alpha value is -3.02. The van der Waals surface area contributed by atoms with E-state index in [9.17, 15) is 14.0 Å². The minimum Gasteiger partial charge on any atom is -0.323 e. The molecule has 1 atom stereocenters. The van der Waals surface area contributed by atoms with Crippen molar-refractivity contribution >= 4 is 23.7 Å². The molecular weight excluding hydrogens is 345 g/mol. The van der Waals surface area contributed by atoms with Gasteiger partial charge in [0.1, 0.15) is 11.7 Å². The highest BCUT2D eigenvalue weighted by molar-refractivity contribution is 6.06. The number of hydrogen-bond donors (Lipinski definition) is 2. The molecule has 0 saturated heterocycles. The fraction of sp³-hybridized carbons (Fsp3) is 0.286. The smallest absolute Gasteiger partial charge is 0.252 e. The zero-order chi connectivity index (χ0) is 20.0. The fourth-order valence-corrected chi connectivity index (χ4v) is 2.26. The number of halogens is 1. The zero-order valence-corrected chi connectivity index (χ0v) is 15.9. The standard InChI is InChI=1S/C21H24FN3O2/c1-14(19(26)24-18-8-6-5-7-17(18)22)20(27)25-23-13-15-9-11-16(12-10-15)21(2,3)4/h5-14H,1-4H3,(H,24,26)(H,25,27). The summed E-state index contributed by atoms with van der Waals surface area (Å²) in [6, 6.07) is 13.6. The SMILES string of the molecule is CC(C(=O)NN=Cc1ccc(C(C)(C)C)cc1)C(=O)Nc1ccccc1F. The van der Waals surface area contributed by atoms with E-state index in [4.69, 9.17) is 0 Å². The van der Waals surface area contributed by atoms with Gasteiger partial charge in [0, 0.05) is 0 Å². The van der Waals surface area contributed by atoms with Crippen molar-refractivity contribution in [3.63, 3.8) is 0 Å². The lowest BCUT2D eigenvalue weighted by Crippen LogP contribution is -2.34. The topological polar surface area (TPSA) is 70.6 Å². The molecule has 0 aromatic heterocycles. The Labute approximate surface area is 158 Å². The first-order valence-corrected chi connectivity index (χ1v) is 8.67. The second-order valence-corrected chi connectivity index (χ2v) is 7.30. The number of carbonyl (C=O) groups excluding carboxylic acids is 2. The zero-order valence-electron chi connectivity index (χ0n) is 15.9. The molecule has 2 rings (SSSR count). The summed E-state index contributed by atoms with van der Waals surface area (Å²) in [6.45, 7) is 7.82. The van der Waals surface area contributed by atoms with Crippen LogP contribution < -0.4 is 10.7 Å². The molecule has 0 heterocycles. The third-order valence-electron chi connectivity index (χ3n) is 4.08. The number of anilines is 1. The maximum absolute atomic E-state index is 13.6. The normalized spacial score (nSPS) is 12.6. The average Bonchev–Trinajstić information content (AvgIpc) is 2.62. The van der Waals surface area contributed by atoms with E-state index in [-0.39, 0.29) is 11.1 Å². The number of carbonyl (C=O) groups is 2. The molecule has 0 bridgehead atoms. The van der Waals surface area contributed by atoms with Gasteiger partial charge < -0.3 is 5.32 Å². The Morgan fingerprint density at radius 2 is 1.67 bits per heavy atom. The number of nitrogens with zero attached hydrogens (tertiary/aromatic N) is 1. The van der Waals surface area contributed by atoms with Gasteiger partial charge >= 0.3 is 0 Å². The second-order valence-electron chi connectivity index (χ2n) is 7.30. The first kappa shape index (κ1) is 20.3. The van der Waals surface area contributed by atoms with Crippen molar-refractivity contribution in [2.45, 2.75) is 33.1 Å². The van der Waals surface area contributed by atoms with Crippen LogP contribution in [-0.2, 0) is 15.0 Å². The van der Waals surface area contributed by atoms with Crippen LogP contribution in [0, 0.1) is 11.7 Å². The van der Waals surface area contributed by atoms with Crippen molar-refractivity contribution in [1.29, 1.82) is 0 Å². The van der Waals surface area contributed by atoms with E-state index in [1.807, 2.05) is 24.3 Å². The number of nitrogens with one attached hydrogen (secondary N) is 2. The monoisotopic (exact) mass is 369 g/mol. The Bertz CT molecular complexity index is 839. The molecule has 2 amide bonds. The van der Waals surface area contributed by atoms with Crippen LogP contribution in [0.5, 0.6) is 0 Å². The minimum atomic E-state index is -1.02. The highest BCUT2D eigenvalue weighted by Crippen LogP contribution is 2.21. The number of para-hydroxylation sites is 1. The molecule has 2 N–H and O–H groups in total. The van der Waals surface area contributed by atoms with Gasteiger partial charge in [-0.1, -0.05) is 57.2 Å². The van der Waals surface area contributed by atoms with E-state index in [0.717, 1.165) is 5.56 Å². The van der Waals surface area contributed by atoms with Gasteiger partial charge in [-0.2, -0.15) is 5.10 Å². The van der Waals surface area contributed by atoms with Crippen LogP contribution in [0.1, 0.15) is 38.8 Å². The van der Waals surface area contributed by atoms with E-state index < -0.39 is 23.5 Å². The van der Waals surface area contributed by atoms with Gasteiger partial charge in [-0.25, -0.2) is 9.82 Å². The molecule has 27 heavy (non-hydrogen) atoms. The van der Waals surface area contributed by atoms with Crippen molar-refractivity contribution < 1.29 is 14.0 Å².